The Bertz CT molecular complexity index is 314. The van der Waals surface area contributed by atoms with Gasteiger partial charge in [0, 0.05) is 12.0 Å². The summed E-state index contributed by atoms with van der Waals surface area (Å²) >= 11 is 10.4. The van der Waals surface area contributed by atoms with Gasteiger partial charge in [-0.15, -0.1) is 0 Å². The lowest BCUT2D eigenvalue weighted by molar-refractivity contribution is 0.470. The van der Waals surface area contributed by atoms with E-state index in [0.717, 1.165) is 0 Å². The van der Waals surface area contributed by atoms with E-state index in [1.165, 1.54) is 0 Å². The fourth-order valence-electron chi connectivity index (χ4n) is 0.890. The normalized spacial score (nSPS) is 9.75. The number of halogens is 1. The van der Waals surface area contributed by atoms with E-state index >= 15 is 0 Å². The van der Waals surface area contributed by atoms with Gasteiger partial charge in [0.1, 0.15) is 5.75 Å². The van der Waals surface area contributed by atoms with Crippen molar-refractivity contribution in [2.45, 2.75) is 6.42 Å². The van der Waals surface area contributed by atoms with Crippen LogP contribution in [0.15, 0.2) is 18.2 Å². The summed E-state index contributed by atoms with van der Waals surface area (Å²) in [5.74, 6) is 0.0620. The molecule has 1 aromatic carbocycles. The van der Waals surface area contributed by atoms with E-state index in [4.69, 9.17) is 29.6 Å². The van der Waals surface area contributed by atoms with Crippen LogP contribution < -0.4 is 5.73 Å². The molecule has 4 heteroatoms. The van der Waals surface area contributed by atoms with Gasteiger partial charge >= 0.3 is 0 Å². The molecule has 0 atom stereocenters. The van der Waals surface area contributed by atoms with E-state index in [-0.39, 0.29) is 5.75 Å². The summed E-state index contributed by atoms with van der Waals surface area (Å²) in [4.78, 5) is 0.340. The predicted octanol–water partition coefficient (Wildman–Crippen LogP) is 1.87. The minimum atomic E-state index is 0.0620. The van der Waals surface area contributed by atoms with Crippen LogP contribution in [0, 0.1) is 0 Å². The fraction of sp³-hybridized carbons (Fsp3) is 0.125. The summed E-state index contributed by atoms with van der Waals surface area (Å²) in [6, 6.07) is 5.09. The van der Waals surface area contributed by atoms with Crippen molar-refractivity contribution in [3.05, 3.63) is 28.8 Å². The molecule has 0 unspecified atom stereocenters. The first-order valence-electron chi connectivity index (χ1n) is 3.36. The molecule has 0 aliphatic rings. The van der Waals surface area contributed by atoms with Gasteiger partial charge < -0.3 is 10.8 Å². The highest BCUT2D eigenvalue weighted by molar-refractivity contribution is 7.80. The van der Waals surface area contributed by atoms with E-state index in [2.05, 4.69) is 0 Å². The number of rotatable bonds is 2. The van der Waals surface area contributed by atoms with Crippen LogP contribution in [0.1, 0.15) is 5.56 Å². The molecule has 0 bridgehead atoms. The maximum atomic E-state index is 9.40. The van der Waals surface area contributed by atoms with Crippen LogP contribution in [-0.2, 0) is 6.42 Å². The standard InChI is InChI=1S/C8H8ClNOS/c9-6-3-1-2-5(8(6)11)4-7(10)12/h1-3,11H,4H2,(H2,10,12). The quantitative estimate of drug-likeness (QED) is 0.719. The van der Waals surface area contributed by atoms with Gasteiger partial charge in [-0.3, -0.25) is 0 Å². The molecular formula is C8H8ClNOS. The van der Waals surface area contributed by atoms with Gasteiger partial charge in [-0.25, -0.2) is 0 Å². The van der Waals surface area contributed by atoms with Crippen LogP contribution in [0.5, 0.6) is 5.75 Å². The molecule has 0 aromatic heterocycles. The zero-order chi connectivity index (χ0) is 9.14. The Hall–Kier alpha value is -0.800. The van der Waals surface area contributed by atoms with Gasteiger partial charge in [0.25, 0.3) is 0 Å². The molecule has 3 N–H and O–H groups in total. The molecule has 64 valence electrons. The summed E-state index contributed by atoms with van der Waals surface area (Å²) in [5, 5.41) is 9.72. The highest BCUT2D eigenvalue weighted by atomic mass is 35.5. The molecule has 0 fully saturated rings. The predicted molar refractivity (Wildman–Crippen MR) is 53.6 cm³/mol. The molecular weight excluding hydrogens is 194 g/mol. The Morgan fingerprint density at radius 2 is 2.25 bits per heavy atom. The third kappa shape index (κ3) is 2.09. The van der Waals surface area contributed by atoms with E-state index in [1.54, 1.807) is 18.2 Å². The Morgan fingerprint density at radius 1 is 1.58 bits per heavy atom. The molecule has 0 radical (unpaired) electrons. The summed E-state index contributed by atoms with van der Waals surface area (Å²) < 4.78 is 0. The average molecular weight is 202 g/mol. The molecule has 0 heterocycles. The lowest BCUT2D eigenvalue weighted by Crippen LogP contribution is -2.11. The van der Waals surface area contributed by atoms with Gasteiger partial charge in [-0.1, -0.05) is 36.0 Å². The molecule has 0 aliphatic heterocycles. The number of thiocarbonyl (C=S) groups is 1. The average Bonchev–Trinajstić information content (AvgIpc) is 1.98. The number of phenols is 1. The smallest absolute Gasteiger partial charge is 0.137 e. The van der Waals surface area contributed by atoms with Crippen molar-refractivity contribution in [2.24, 2.45) is 5.73 Å². The number of benzene rings is 1. The van der Waals surface area contributed by atoms with Gasteiger partial charge in [0.2, 0.25) is 0 Å². The molecule has 0 amide bonds. The lowest BCUT2D eigenvalue weighted by Gasteiger charge is -2.03. The molecule has 12 heavy (non-hydrogen) atoms. The lowest BCUT2D eigenvalue weighted by atomic mass is 10.1. The maximum absolute atomic E-state index is 9.40. The van der Waals surface area contributed by atoms with Crippen LogP contribution in [0.4, 0.5) is 0 Å². The third-order valence-corrected chi connectivity index (χ3v) is 1.88. The first kappa shape index (κ1) is 9.29. The van der Waals surface area contributed by atoms with Crippen molar-refractivity contribution in [3.8, 4) is 5.75 Å². The van der Waals surface area contributed by atoms with Gasteiger partial charge in [-0.05, 0) is 6.07 Å². The second-order valence-electron chi connectivity index (χ2n) is 2.39. The molecule has 2 nitrogen and oxygen atoms in total. The highest BCUT2D eigenvalue weighted by Crippen LogP contribution is 2.26. The SMILES string of the molecule is NC(=S)Cc1cccc(Cl)c1O. The monoisotopic (exact) mass is 201 g/mol. The molecule has 0 aliphatic carbocycles. The third-order valence-electron chi connectivity index (χ3n) is 1.44. The summed E-state index contributed by atoms with van der Waals surface area (Å²) in [6.07, 6.45) is 0.377. The van der Waals surface area contributed by atoms with Gasteiger partial charge in [0.15, 0.2) is 0 Å². The van der Waals surface area contributed by atoms with Crippen LogP contribution in [0.3, 0.4) is 0 Å². The Labute approximate surface area is 81.0 Å². The fourth-order valence-corrected chi connectivity index (χ4v) is 1.24. The topological polar surface area (TPSA) is 46.2 Å². The summed E-state index contributed by atoms with van der Waals surface area (Å²) in [5.41, 5.74) is 5.98. The Morgan fingerprint density at radius 3 is 2.83 bits per heavy atom. The number of hydrogen-bond donors (Lipinski definition) is 2. The minimum Gasteiger partial charge on any atom is -0.506 e. The second kappa shape index (κ2) is 3.74. The largest absolute Gasteiger partial charge is 0.506 e. The van der Waals surface area contributed by atoms with Crippen molar-refractivity contribution < 1.29 is 5.11 Å². The van der Waals surface area contributed by atoms with Crippen molar-refractivity contribution in [1.29, 1.82) is 0 Å². The van der Waals surface area contributed by atoms with Crippen LogP contribution in [-0.4, -0.2) is 10.1 Å². The maximum Gasteiger partial charge on any atom is 0.137 e. The zero-order valence-corrected chi connectivity index (χ0v) is 7.82. The summed E-state index contributed by atoms with van der Waals surface area (Å²) in [6.45, 7) is 0. The Balaban J connectivity index is 3.00. The second-order valence-corrected chi connectivity index (χ2v) is 3.32. The van der Waals surface area contributed by atoms with E-state index in [1.807, 2.05) is 0 Å². The summed E-state index contributed by atoms with van der Waals surface area (Å²) in [7, 11) is 0. The molecule has 0 saturated carbocycles. The van der Waals surface area contributed by atoms with Crippen molar-refractivity contribution in [2.75, 3.05) is 0 Å². The highest BCUT2D eigenvalue weighted by Gasteiger charge is 2.04. The first-order valence-corrected chi connectivity index (χ1v) is 4.14. The van der Waals surface area contributed by atoms with Crippen LogP contribution >= 0.6 is 23.8 Å². The van der Waals surface area contributed by atoms with Crippen LogP contribution in [0.2, 0.25) is 5.02 Å². The van der Waals surface area contributed by atoms with E-state index < -0.39 is 0 Å². The van der Waals surface area contributed by atoms with Crippen molar-refractivity contribution in [1.82, 2.24) is 0 Å². The zero-order valence-electron chi connectivity index (χ0n) is 6.25. The molecule has 0 saturated heterocycles. The Kier molecular flexibility index (Phi) is 2.89. The minimum absolute atomic E-state index is 0.0620. The molecule has 1 aromatic rings. The number of nitrogens with two attached hydrogens (primary N) is 1. The van der Waals surface area contributed by atoms with E-state index in [9.17, 15) is 5.11 Å². The van der Waals surface area contributed by atoms with Gasteiger partial charge in [0.05, 0.1) is 10.0 Å². The number of para-hydroxylation sites is 1. The van der Waals surface area contributed by atoms with Crippen LogP contribution in [0.25, 0.3) is 0 Å². The van der Waals surface area contributed by atoms with Crippen molar-refractivity contribution >= 4 is 28.8 Å². The van der Waals surface area contributed by atoms with Crippen molar-refractivity contribution in [3.63, 3.8) is 0 Å². The number of aromatic hydroxyl groups is 1. The number of phenolic OH excluding ortho intramolecular Hbond substituents is 1. The molecule has 0 spiro atoms. The molecule has 1 rings (SSSR count). The number of hydrogen-bond acceptors (Lipinski definition) is 2. The van der Waals surface area contributed by atoms with Gasteiger partial charge in [-0.2, -0.15) is 0 Å². The van der Waals surface area contributed by atoms with E-state index in [0.29, 0.717) is 22.0 Å². The first-order chi connectivity index (χ1) is 5.61.